The molecule has 0 saturated carbocycles. The third kappa shape index (κ3) is 1.69. The Morgan fingerprint density at radius 2 is 2.10 bits per heavy atom. The van der Waals surface area contributed by atoms with Crippen molar-refractivity contribution < 1.29 is 9.53 Å². The predicted molar refractivity (Wildman–Crippen MR) is 75.6 cm³/mol. The topological polar surface area (TPSA) is 82.5 Å². The molecule has 0 amide bonds. The van der Waals surface area contributed by atoms with E-state index < -0.39 is 5.97 Å². The van der Waals surface area contributed by atoms with E-state index in [0.29, 0.717) is 23.6 Å². The maximum atomic E-state index is 12.0. The molecule has 3 rings (SSSR count). The Labute approximate surface area is 115 Å². The van der Waals surface area contributed by atoms with Gasteiger partial charge in [0, 0.05) is 5.69 Å². The van der Waals surface area contributed by atoms with Crippen molar-refractivity contribution in [3.05, 3.63) is 35.5 Å². The Bertz CT molecular complexity index is 823. The molecule has 2 N–H and O–H groups in total. The van der Waals surface area contributed by atoms with E-state index in [-0.39, 0.29) is 5.82 Å². The van der Waals surface area contributed by atoms with E-state index in [0.717, 1.165) is 11.0 Å². The zero-order chi connectivity index (χ0) is 14.3. The molecule has 2 aromatic heterocycles. The summed E-state index contributed by atoms with van der Waals surface area (Å²) < 4.78 is 6.85. The normalized spacial score (nSPS) is 11.1. The van der Waals surface area contributed by atoms with Gasteiger partial charge in [-0.2, -0.15) is 4.98 Å². The minimum atomic E-state index is -0.463. The first-order chi connectivity index (χ1) is 9.63. The van der Waals surface area contributed by atoms with Crippen LogP contribution in [-0.2, 0) is 4.74 Å². The fourth-order valence-electron chi connectivity index (χ4n) is 2.34. The molecular weight excluding hydrogens is 256 g/mol. The van der Waals surface area contributed by atoms with Gasteiger partial charge in [-0.1, -0.05) is 12.1 Å². The number of aryl methyl sites for hydroxylation is 1. The average Bonchev–Trinajstić information content (AvgIpc) is 2.76. The van der Waals surface area contributed by atoms with Gasteiger partial charge in [-0.05, 0) is 26.0 Å². The number of benzene rings is 1. The Morgan fingerprint density at radius 3 is 2.85 bits per heavy atom. The molecule has 1 aromatic carbocycles. The molecule has 102 valence electrons. The van der Waals surface area contributed by atoms with Gasteiger partial charge in [0.2, 0.25) is 5.78 Å². The van der Waals surface area contributed by atoms with Gasteiger partial charge in [-0.15, -0.1) is 0 Å². The number of esters is 1. The number of nitrogen functional groups attached to an aromatic ring is 1. The maximum Gasteiger partial charge on any atom is 0.343 e. The second-order valence-corrected chi connectivity index (χ2v) is 4.41. The van der Waals surface area contributed by atoms with Gasteiger partial charge in [0.25, 0.3) is 0 Å². The van der Waals surface area contributed by atoms with Crippen molar-refractivity contribution >= 4 is 28.6 Å². The van der Waals surface area contributed by atoms with Crippen LogP contribution in [0.4, 0.5) is 5.82 Å². The zero-order valence-corrected chi connectivity index (χ0v) is 11.3. The molecule has 3 aromatic rings. The summed E-state index contributed by atoms with van der Waals surface area (Å²) in [5.41, 5.74) is 8.55. The van der Waals surface area contributed by atoms with Crippen LogP contribution >= 0.6 is 0 Å². The third-order valence-electron chi connectivity index (χ3n) is 3.20. The number of carbonyl (C=O) groups is 1. The van der Waals surface area contributed by atoms with Crippen LogP contribution in [0, 0.1) is 6.92 Å². The number of fused-ring (bicyclic) bond motifs is 3. The molecule has 0 radical (unpaired) electrons. The zero-order valence-electron chi connectivity index (χ0n) is 11.3. The Balaban J connectivity index is 2.38. The lowest BCUT2D eigenvalue weighted by atomic mass is 10.2. The molecular formula is C14H14N4O2. The number of para-hydroxylation sites is 2. The van der Waals surface area contributed by atoms with Crippen molar-refractivity contribution in [2.75, 3.05) is 12.3 Å². The van der Waals surface area contributed by atoms with E-state index in [4.69, 9.17) is 10.5 Å². The van der Waals surface area contributed by atoms with Gasteiger partial charge >= 0.3 is 5.97 Å². The number of hydrogen-bond acceptors (Lipinski definition) is 5. The fraction of sp³-hybridized carbons (Fsp3) is 0.214. The van der Waals surface area contributed by atoms with E-state index in [9.17, 15) is 4.79 Å². The first-order valence-corrected chi connectivity index (χ1v) is 6.34. The number of carbonyl (C=O) groups excluding carboxylic acids is 1. The average molecular weight is 270 g/mol. The van der Waals surface area contributed by atoms with Crippen molar-refractivity contribution in [2.24, 2.45) is 0 Å². The van der Waals surface area contributed by atoms with E-state index in [1.165, 1.54) is 0 Å². The molecule has 0 aliphatic rings. The van der Waals surface area contributed by atoms with Crippen LogP contribution < -0.4 is 5.73 Å². The molecule has 0 atom stereocenters. The number of ether oxygens (including phenoxy) is 1. The molecule has 0 bridgehead atoms. The molecule has 2 heterocycles. The van der Waals surface area contributed by atoms with E-state index in [1.54, 1.807) is 6.92 Å². The van der Waals surface area contributed by atoms with Crippen molar-refractivity contribution in [2.45, 2.75) is 13.8 Å². The van der Waals surface area contributed by atoms with Gasteiger partial charge in [0.05, 0.1) is 17.6 Å². The second kappa shape index (κ2) is 4.48. The Morgan fingerprint density at radius 1 is 1.35 bits per heavy atom. The molecule has 0 aliphatic heterocycles. The van der Waals surface area contributed by atoms with Crippen LogP contribution in [0.5, 0.6) is 0 Å². The molecule has 20 heavy (non-hydrogen) atoms. The minimum absolute atomic E-state index is 0.142. The summed E-state index contributed by atoms with van der Waals surface area (Å²) in [5, 5.41) is 0. The van der Waals surface area contributed by atoms with E-state index >= 15 is 0 Å². The van der Waals surface area contributed by atoms with Crippen molar-refractivity contribution in [1.82, 2.24) is 14.4 Å². The van der Waals surface area contributed by atoms with Gasteiger partial charge in [0.15, 0.2) is 0 Å². The van der Waals surface area contributed by atoms with Gasteiger partial charge in [-0.3, -0.25) is 4.40 Å². The molecule has 0 saturated heterocycles. The van der Waals surface area contributed by atoms with Crippen LogP contribution in [0.2, 0.25) is 0 Å². The smallest absolute Gasteiger partial charge is 0.343 e. The molecule has 6 heteroatoms. The number of aromatic nitrogens is 3. The highest BCUT2D eigenvalue weighted by Crippen LogP contribution is 2.23. The summed E-state index contributed by atoms with van der Waals surface area (Å²) in [5.74, 6) is 0.160. The number of anilines is 1. The Hall–Kier alpha value is -2.63. The highest BCUT2D eigenvalue weighted by atomic mass is 16.5. The number of imidazole rings is 1. The largest absolute Gasteiger partial charge is 0.462 e. The number of nitrogens with two attached hydrogens (primary N) is 1. The molecule has 0 spiro atoms. The Kier molecular flexibility index (Phi) is 2.78. The monoisotopic (exact) mass is 270 g/mol. The lowest BCUT2D eigenvalue weighted by molar-refractivity contribution is 0.0526. The molecule has 0 fully saturated rings. The van der Waals surface area contributed by atoms with Crippen molar-refractivity contribution in [3.8, 4) is 0 Å². The fourth-order valence-corrected chi connectivity index (χ4v) is 2.34. The third-order valence-corrected chi connectivity index (χ3v) is 3.20. The number of nitrogens with zero attached hydrogens (tertiary/aromatic N) is 3. The van der Waals surface area contributed by atoms with Gasteiger partial charge in [0.1, 0.15) is 11.4 Å². The summed E-state index contributed by atoms with van der Waals surface area (Å²) >= 11 is 0. The maximum absolute atomic E-state index is 12.0. The predicted octanol–water partition coefficient (Wildman–Crippen LogP) is 1.95. The number of hydrogen-bond donors (Lipinski definition) is 1. The molecule has 0 aliphatic carbocycles. The SMILES string of the molecule is CCOC(=O)c1c(N)nc2nc3ccccc3n2c1C. The van der Waals surface area contributed by atoms with Crippen LogP contribution in [0.3, 0.4) is 0 Å². The van der Waals surface area contributed by atoms with Gasteiger partial charge in [-0.25, -0.2) is 9.78 Å². The standard InChI is InChI=1S/C14H14N4O2/c1-3-20-13(19)11-8(2)18-10-7-5-4-6-9(10)16-14(18)17-12(11)15/h4-7H,3H2,1-2H3,(H2,15,16,17). The summed E-state index contributed by atoms with van der Waals surface area (Å²) in [7, 11) is 0. The van der Waals surface area contributed by atoms with E-state index in [2.05, 4.69) is 9.97 Å². The first-order valence-electron chi connectivity index (χ1n) is 6.34. The lowest BCUT2D eigenvalue weighted by Crippen LogP contribution is -2.14. The summed E-state index contributed by atoms with van der Waals surface area (Å²) in [6.07, 6.45) is 0. The van der Waals surface area contributed by atoms with Crippen molar-refractivity contribution in [1.29, 1.82) is 0 Å². The molecule has 0 unspecified atom stereocenters. The van der Waals surface area contributed by atoms with Crippen molar-refractivity contribution in [3.63, 3.8) is 0 Å². The van der Waals surface area contributed by atoms with Crippen LogP contribution in [0.1, 0.15) is 23.0 Å². The summed E-state index contributed by atoms with van der Waals surface area (Å²) in [6, 6.07) is 7.63. The van der Waals surface area contributed by atoms with Crippen LogP contribution in [0.25, 0.3) is 16.8 Å². The highest BCUT2D eigenvalue weighted by Gasteiger charge is 2.20. The second-order valence-electron chi connectivity index (χ2n) is 4.41. The van der Waals surface area contributed by atoms with Crippen LogP contribution in [-0.4, -0.2) is 26.9 Å². The molecule has 6 nitrogen and oxygen atoms in total. The minimum Gasteiger partial charge on any atom is -0.462 e. The van der Waals surface area contributed by atoms with Crippen LogP contribution in [0.15, 0.2) is 24.3 Å². The quantitative estimate of drug-likeness (QED) is 0.720. The van der Waals surface area contributed by atoms with Gasteiger partial charge < -0.3 is 10.5 Å². The highest BCUT2D eigenvalue weighted by molar-refractivity contribution is 5.96. The summed E-state index contributed by atoms with van der Waals surface area (Å²) in [6.45, 7) is 3.85. The number of rotatable bonds is 2. The first kappa shape index (κ1) is 12.4. The van der Waals surface area contributed by atoms with E-state index in [1.807, 2.05) is 35.6 Å². The summed E-state index contributed by atoms with van der Waals surface area (Å²) in [4.78, 5) is 20.6. The lowest BCUT2D eigenvalue weighted by Gasteiger charge is -2.10.